The van der Waals surface area contributed by atoms with Crippen LogP contribution in [0, 0.1) is 0 Å². The maximum absolute atomic E-state index is 12.7. The third-order valence-corrected chi connectivity index (χ3v) is 5.34. The van der Waals surface area contributed by atoms with E-state index in [1.807, 2.05) is 18.2 Å². The Kier molecular flexibility index (Phi) is 5.48. The lowest BCUT2D eigenvalue weighted by atomic mass is 10.1. The van der Waals surface area contributed by atoms with Gasteiger partial charge in [-0.15, -0.1) is 0 Å². The highest BCUT2D eigenvalue weighted by atomic mass is 16.2. The largest absolute Gasteiger partial charge is 0.383 e. The van der Waals surface area contributed by atoms with Crippen molar-refractivity contribution in [2.24, 2.45) is 5.73 Å². The van der Waals surface area contributed by atoms with E-state index in [0.717, 1.165) is 16.5 Å². The number of rotatable bonds is 5. The second-order valence-electron chi connectivity index (χ2n) is 7.48. The summed E-state index contributed by atoms with van der Waals surface area (Å²) >= 11 is 0. The Morgan fingerprint density at radius 2 is 1.87 bits per heavy atom. The third kappa shape index (κ3) is 4.45. The predicted molar refractivity (Wildman–Crippen MR) is 115 cm³/mol. The monoisotopic (exact) mass is 418 g/mol. The molecule has 1 aromatic heterocycles. The molecule has 2 aromatic carbocycles. The fourth-order valence-electron chi connectivity index (χ4n) is 3.65. The number of amides is 3. The van der Waals surface area contributed by atoms with Crippen LogP contribution >= 0.6 is 0 Å². The van der Waals surface area contributed by atoms with Crippen LogP contribution in [0.2, 0.25) is 0 Å². The quantitative estimate of drug-likeness (QED) is 0.627. The van der Waals surface area contributed by atoms with Gasteiger partial charge in [-0.2, -0.15) is 0 Å². The van der Waals surface area contributed by atoms with Gasteiger partial charge in [-0.05, 0) is 35.4 Å². The molecule has 4 N–H and O–H groups in total. The van der Waals surface area contributed by atoms with Crippen molar-refractivity contribution in [1.29, 1.82) is 0 Å². The van der Waals surface area contributed by atoms with Crippen LogP contribution in [-0.2, 0) is 22.6 Å². The molecular weight excluding hydrogens is 396 g/mol. The lowest BCUT2D eigenvalue weighted by Gasteiger charge is -2.34. The average molecular weight is 418 g/mol. The van der Waals surface area contributed by atoms with Gasteiger partial charge in [-0.1, -0.05) is 18.2 Å². The Hall–Kier alpha value is -4.01. The molecular formula is C22H22N6O3. The van der Waals surface area contributed by atoms with Crippen LogP contribution < -0.4 is 11.5 Å². The van der Waals surface area contributed by atoms with E-state index >= 15 is 0 Å². The molecule has 1 saturated heterocycles. The molecule has 31 heavy (non-hydrogen) atoms. The molecule has 0 aliphatic carbocycles. The predicted octanol–water partition coefficient (Wildman–Crippen LogP) is 0.724. The SMILES string of the molecule is NC(=O)c1cccc(CC(=O)N2CCN(Cc3ccc4c(N)ncnc4c3)C(=O)C2)c1. The van der Waals surface area contributed by atoms with Crippen LogP contribution in [0.15, 0.2) is 48.8 Å². The number of nitrogen functional groups attached to an aromatic ring is 1. The number of piperazine rings is 1. The van der Waals surface area contributed by atoms with Crippen LogP contribution in [0.3, 0.4) is 0 Å². The Bertz CT molecular complexity index is 1180. The second kappa shape index (κ2) is 8.39. The van der Waals surface area contributed by atoms with Gasteiger partial charge in [0.25, 0.3) is 0 Å². The minimum Gasteiger partial charge on any atom is -0.383 e. The zero-order chi connectivity index (χ0) is 22.0. The number of nitrogens with two attached hydrogens (primary N) is 2. The molecule has 1 fully saturated rings. The summed E-state index contributed by atoms with van der Waals surface area (Å²) in [5, 5.41) is 0.772. The fraction of sp³-hybridized carbons (Fsp3) is 0.227. The van der Waals surface area contributed by atoms with Crippen molar-refractivity contribution in [2.75, 3.05) is 25.4 Å². The van der Waals surface area contributed by atoms with Gasteiger partial charge >= 0.3 is 0 Å². The summed E-state index contributed by atoms with van der Waals surface area (Å²) in [5.74, 6) is -0.401. The summed E-state index contributed by atoms with van der Waals surface area (Å²) in [5.41, 5.74) is 13.9. The van der Waals surface area contributed by atoms with Crippen LogP contribution in [0.1, 0.15) is 21.5 Å². The molecule has 4 rings (SSSR count). The molecule has 0 atom stereocenters. The number of hydrogen-bond acceptors (Lipinski definition) is 6. The summed E-state index contributed by atoms with van der Waals surface area (Å²) in [7, 11) is 0. The van der Waals surface area contributed by atoms with E-state index in [1.165, 1.54) is 6.33 Å². The summed E-state index contributed by atoms with van der Waals surface area (Å²) < 4.78 is 0. The van der Waals surface area contributed by atoms with Gasteiger partial charge in [0.15, 0.2) is 0 Å². The molecule has 9 nitrogen and oxygen atoms in total. The van der Waals surface area contributed by atoms with Crippen molar-refractivity contribution in [3.8, 4) is 0 Å². The highest BCUT2D eigenvalue weighted by Gasteiger charge is 2.27. The number of nitrogens with zero attached hydrogens (tertiary/aromatic N) is 4. The Morgan fingerprint density at radius 3 is 2.65 bits per heavy atom. The number of hydrogen-bond donors (Lipinski definition) is 2. The van der Waals surface area contributed by atoms with Gasteiger partial charge < -0.3 is 21.3 Å². The highest BCUT2D eigenvalue weighted by molar-refractivity contribution is 5.93. The summed E-state index contributed by atoms with van der Waals surface area (Å²) in [6.07, 6.45) is 1.52. The topological polar surface area (TPSA) is 136 Å². The fourth-order valence-corrected chi connectivity index (χ4v) is 3.65. The lowest BCUT2D eigenvalue weighted by molar-refractivity contribution is -0.145. The molecule has 0 unspecified atom stereocenters. The number of carbonyl (C=O) groups excluding carboxylic acids is 3. The van der Waals surface area contributed by atoms with Crippen molar-refractivity contribution in [3.63, 3.8) is 0 Å². The van der Waals surface area contributed by atoms with Crippen LogP contribution in [0.5, 0.6) is 0 Å². The minimum absolute atomic E-state index is 0.0248. The van der Waals surface area contributed by atoms with Crippen molar-refractivity contribution in [1.82, 2.24) is 19.8 Å². The van der Waals surface area contributed by atoms with Gasteiger partial charge in [0, 0.05) is 30.6 Å². The first-order valence-electron chi connectivity index (χ1n) is 9.84. The van der Waals surface area contributed by atoms with E-state index < -0.39 is 5.91 Å². The Balaban J connectivity index is 1.38. The summed E-state index contributed by atoms with van der Waals surface area (Å²) in [6.45, 7) is 1.34. The molecule has 158 valence electrons. The van der Waals surface area contributed by atoms with Gasteiger partial charge in [0.1, 0.15) is 12.1 Å². The zero-order valence-corrected chi connectivity index (χ0v) is 16.8. The number of benzene rings is 2. The van der Waals surface area contributed by atoms with E-state index in [4.69, 9.17) is 11.5 Å². The Morgan fingerprint density at radius 1 is 1.03 bits per heavy atom. The van der Waals surface area contributed by atoms with Crippen LogP contribution in [0.4, 0.5) is 5.82 Å². The van der Waals surface area contributed by atoms with Crippen molar-refractivity contribution < 1.29 is 14.4 Å². The molecule has 1 aliphatic heterocycles. The Labute approximate surface area is 178 Å². The molecule has 1 aliphatic rings. The number of anilines is 1. The first-order chi connectivity index (χ1) is 14.9. The average Bonchev–Trinajstić information content (AvgIpc) is 2.75. The molecule has 2 heterocycles. The van der Waals surface area contributed by atoms with Crippen molar-refractivity contribution >= 4 is 34.4 Å². The first-order valence-corrected chi connectivity index (χ1v) is 9.84. The first kappa shape index (κ1) is 20.3. The van der Waals surface area contributed by atoms with Gasteiger partial charge in [0.2, 0.25) is 17.7 Å². The summed E-state index contributed by atoms with van der Waals surface area (Å²) in [6, 6.07) is 12.3. The molecule has 3 amide bonds. The minimum atomic E-state index is -0.541. The number of primary amides is 1. The van der Waals surface area contributed by atoms with Crippen LogP contribution in [-0.4, -0.2) is 57.1 Å². The molecule has 3 aromatic rings. The molecule has 0 radical (unpaired) electrons. The highest BCUT2D eigenvalue weighted by Crippen LogP contribution is 2.19. The van der Waals surface area contributed by atoms with E-state index in [-0.39, 0.29) is 24.8 Å². The number of carbonyl (C=O) groups is 3. The molecule has 9 heteroatoms. The van der Waals surface area contributed by atoms with Crippen molar-refractivity contribution in [3.05, 3.63) is 65.5 Å². The standard InChI is InChI=1S/C22H22N6O3/c23-21-17-5-4-15(9-18(17)25-13-26-21)11-27-6-7-28(12-20(27)30)19(29)10-14-2-1-3-16(8-14)22(24)31/h1-5,8-9,13H,6-7,10-12H2,(H2,24,31)(H2,23,25,26). The van der Waals surface area contributed by atoms with Crippen molar-refractivity contribution in [2.45, 2.75) is 13.0 Å². The van der Waals surface area contributed by atoms with E-state index in [2.05, 4.69) is 9.97 Å². The van der Waals surface area contributed by atoms with Gasteiger partial charge in [-0.25, -0.2) is 9.97 Å². The normalized spacial score (nSPS) is 14.1. The van der Waals surface area contributed by atoms with E-state index in [0.29, 0.717) is 36.6 Å². The van der Waals surface area contributed by atoms with Gasteiger partial charge in [-0.3, -0.25) is 14.4 Å². The maximum Gasteiger partial charge on any atom is 0.248 e. The lowest BCUT2D eigenvalue weighted by Crippen LogP contribution is -2.52. The van der Waals surface area contributed by atoms with E-state index in [1.54, 1.807) is 34.1 Å². The van der Waals surface area contributed by atoms with E-state index in [9.17, 15) is 14.4 Å². The van der Waals surface area contributed by atoms with Gasteiger partial charge in [0.05, 0.1) is 18.5 Å². The molecule has 0 spiro atoms. The second-order valence-corrected chi connectivity index (χ2v) is 7.48. The third-order valence-electron chi connectivity index (χ3n) is 5.34. The molecule has 0 bridgehead atoms. The number of fused-ring (bicyclic) bond motifs is 1. The zero-order valence-electron chi connectivity index (χ0n) is 16.8. The molecule has 0 saturated carbocycles. The summed E-state index contributed by atoms with van der Waals surface area (Å²) in [4.78, 5) is 48.1. The smallest absolute Gasteiger partial charge is 0.248 e. The van der Waals surface area contributed by atoms with Crippen LogP contribution in [0.25, 0.3) is 10.9 Å². The number of aromatic nitrogens is 2. The maximum atomic E-state index is 12.7.